The number of aromatic nitrogens is 8. The van der Waals surface area contributed by atoms with Gasteiger partial charge in [0, 0.05) is 59.5 Å². The minimum Gasteiger partial charge on any atom is -0.341 e. The molecule has 68 heavy (non-hydrogen) atoms. The number of imidazole rings is 2. The first kappa shape index (κ1) is 47.2. The zero-order valence-corrected chi connectivity index (χ0v) is 42.2. The average Bonchev–Trinajstić information content (AvgIpc) is 3.80. The van der Waals surface area contributed by atoms with Crippen LogP contribution >= 0.6 is 45.2 Å². The van der Waals surface area contributed by atoms with Crippen LogP contribution < -0.4 is 42.9 Å². The smallest absolute Gasteiger partial charge is 0.333 e. The Kier molecular flexibility index (Phi) is 15.0. The minimum absolute atomic E-state index is 0.265. The maximum Gasteiger partial charge on any atom is 0.333 e. The van der Waals surface area contributed by atoms with Crippen molar-refractivity contribution >= 4 is 79.4 Å². The summed E-state index contributed by atoms with van der Waals surface area (Å²) >= 11 is 4.65. The molecule has 0 saturated carbocycles. The molecule has 0 bridgehead atoms. The summed E-state index contributed by atoms with van der Waals surface area (Å²) in [7, 11) is 0. The molecule has 3 N–H and O–H groups in total. The number of nitrogens with zero attached hydrogens (tertiary/aromatic N) is 9. The molecule has 4 aromatic heterocycles. The van der Waals surface area contributed by atoms with Gasteiger partial charge in [-0.2, -0.15) is 9.97 Å². The first-order valence-electron chi connectivity index (χ1n) is 23.1. The molecule has 0 spiro atoms. The number of H-pyrrole nitrogens is 1. The van der Waals surface area contributed by atoms with E-state index in [1.807, 2.05) is 101 Å². The Morgan fingerprint density at radius 2 is 1.01 bits per heavy atom. The van der Waals surface area contributed by atoms with Crippen molar-refractivity contribution in [1.29, 1.82) is 0 Å². The quantitative estimate of drug-likeness (QED) is 0.138. The molecule has 0 radical (unpaired) electrons. The summed E-state index contributed by atoms with van der Waals surface area (Å²) < 4.78 is 10.9. The van der Waals surface area contributed by atoms with Crippen LogP contribution in [-0.2, 0) is 32.7 Å². The van der Waals surface area contributed by atoms with Crippen LogP contribution in [0.5, 0.6) is 0 Å². The second-order valence-corrected chi connectivity index (χ2v) is 19.3. The number of piperazine rings is 1. The fraction of sp³-hybridized carbons (Fsp3) is 0.320. The third-order valence-electron chi connectivity index (χ3n) is 12.4. The van der Waals surface area contributed by atoms with E-state index in [1.54, 1.807) is 9.13 Å². The summed E-state index contributed by atoms with van der Waals surface area (Å²) in [5.41, 5.74) is 4.55. The summed E-state index contributed by atoms with van der Waals surface area (Å²) in [6.45, 7) is 10.8. The minimum atomic E-state index is -0.447. The van der Waals surface area contributed by atoms with Crippen molar-refractivity contribution in [1.82, 2.24) is 48.4 Å². The topological polar surface area (TPSA) is 165 Å². The number of fused-ring (bicyclic) bond motifs is 2. The lowest BCUT2D eigenvalue weighted by atomic mass is 10.2. The highest BCUT2D eigenvalue weighted by Gasteiger charge is 2.27. The van der Waals surface area contributed by atoms with Crippen molar-refractivity contribution in [2.45, 2.75) is 52.5 Å². The number of hydrogen-bond donors (Lipinski definition) is 3. The summed E-state index contributed by atoms with van der Waals surface area (Å²) in [4.78, 5) is 70.2. The first-order valence-corrected chi connectivity index (χ1v) is 25.3. The van der Waals surface area contributed by atoms with Crippen LogP contribution in [0.15, 0.2) is 128 Å². The molecule has 10 rings (SSSR count). The van der Waals surface area contributed by atoms with Gasteiger partial charge in [0.05, 0.1) is 26.2 Å². The number of anilines is 2. The van der Waals surface area contributed by atoms with Crippen molar-refractivity contribution in [3.05, 3.63) is 180 Å². The maximum absolute atomic E-state index is 13.9. The lowest BCUT2D eigenvalue weighted by molar-refractivity contribution is 0.571. The van der Waals surface area contributed by atoms with Crippen LogP contribution in [0.1, 0.15) is 42.0 Å². The molecular weight excluding hydrogens is 1090 g/mol. The predicted molar refractivity (Wildman–Crippen MR) is 286 cm³/mol. The molecule has 18 heteroatoms. The van der Waals surface area contributed by atoms with Crippen molar-refractivity contribution in [3.63, 3.8) is 0 Å². The fourth-order valence-electron chi connectivity index (χ4n) is 8.97. The zero-order chi connectivity index (χ0) is 47.1. The van der Waals surface area contributed by atoms with Gasteiger partial charge >= 0.3 is 11.4 Å². The molecule has 2 aliphatic heterocycles. The standard InChI is InChI=1S/C27H31IN6O2.C23H23IN6O2/c1-2-15-32-25(35)23-24(34(27(32)36)18-20-9-4-3-5-10-20)30-26(31-16-8-13-29-14-17-31)33(23)19-21-11-6-7-12-22(21)28;24-18-9-5-4-8-17(18)15-29-19-20(26-22(29)28-12-10-25-11-13-28)30(23(32)27-21(19)31)14-16-6-2-1-3-7-16/h3-7,9-12,29H,2,8,13-19H2,1H3;1-9,25H,10-15H2,(H,27,31,32). The van der Waals surface area contributed by atoms with Gasteiger partial charge in [-0.15, -0.1) is 0 Å². The molecule has 2 saturated heterocycles. The molecule has 8 aromatic rings. The lowest BCUT2D eigenvalue weighted by Gasteiger charge is -2.28. The van der Waals surface area contributed by atoms with E-state index >= 15 is 0 Å². The van der Waals surface area contributed by atoms with E-state index in [1.165, 1.54) is 4.57 Å². The van der Waals surface area contributed by atoms with Gasteiger partial charge in [-0.3, -0.25) is 37.4 Å². The number of nitrogens with one attached hydrogen (secondary N) is 3. The van der Waals surface area contributed by atoms with Crippen LogP contribution in [0.25, 0.3) is 22.3 Å². The van der Waals surface area contributed by atoms with Crippen LogP contribution in [0, 0.1) is 7.14 Å². The van der Waals surface area contributed by atoms with Gasteiger partial charge in [-0.25, -0.2) is 9.59 Å². The first-order chi connectivity index (χ1) is 33.2. The van der Waals surface area contributed by atoms with Crippen molar-refractivity contribution in [2.75, 3.05) is 62.2 Å². The lowest BCUT2D eigenvalue weighted by Crippen LogP contribution is -2.44. The largest absolute Gasteiger partial charge is 0.341 e. The zero-order valence-electron chi connectivity index (χ0n) is 37.9. The normalized spacial score (nSPS) is 14.3. The fourth-order valence-corrected chi connectivity index (χ4v) is 10.1. The Hall–Kier alpha value is -5.84. The van der Waals surface area contributed by atoms with E-state index in [0.717, 1.165) is 100 Å². The van der Waals surface area contributed by atoms with Crippen LogP contribution in [-0.4, -0.2) is 90.1 Å². The van der Waals surface area contributed by atoms with E-state index in [-0.39, 0.29) is 11.2 Å². The SMILES string of the molecule is CCCn1c(=O)c2c(nc(N3CCCNCC3)n2Cc2ccccc2I)n(Cc2ccccc2)c1=O.O=c1[nH]c(=O)n(Cc2ccccc2)c2nc(N3CCNCC3)n(Cc3ccccc3I)c12. The monoisotopic (exact) mass is 1140 g/mol. The maximum atomic E-state index is 13.9. The van der Waals surface area contributed by atoms with Crippen LogP contribution in [0.4, 0.5) is 11.9 Å². The molecule has 2 aliphatic rings. The predicted octanol–water partition coefficient (Wildman–Crippen LogP) is 5.27. The molecule has 0 unspecified atom stereocenters. The summed E-state index contributed by atoms with van der Waals surface area (Å²) in [6, 6.07) is 35.9. The Bertz CT molecular complexity index is 3270. The number of aromatic amines is 1. The van der Waals surface area contributed by atoms with Gasteiger partial charge in [0.25, 0.3) is 11.1 Å². The second kappa shape index (κ2) is 21.6. The summed E-state index contributed by atoms with van der Waals surface area (Å²) in [6.07, 6.45) is 1.68. The van der Waals surface area contributed by atoms with Gasteiger partial charge in [-0.05, 0) is 99.0 Å². The van der Waals surface area contributed by atoms with E-state index in [2.05, 4.69) is 94.9 Å². The highest BCUT2D eigenvalue weighted by Crippen LogP contribution is 2.26. The van der Waals surface area contributed by atoms with Gasteiger partial charge < -0.3 is 20.4 Å². The molecule has 0 atom stereocenters. The van der Waals surface area contributed by atoms with Gasteiger partial charge in [0.2, 0.25) is 11.9 Å². The summed E-state index contributed by atoms with van der Waals surface area (Å²) in [5, 5.41) is 6.81. The van der Waals surface area contributed by atoms with Gasteiger partial charge in [0.1, 0.15) is 0 Å². The van der Waals surface area contributed by atoms with E-state index < -0.39 is 11.2 Å². The Morgan fingerprint density at radius 3 is 1.57 bits per heavy atom. The van der Waals surface area contributed by atoms with Gasteiger partial charge in [-0.1, -0.05) is 104 Å². The van der Waals surface area contributed by atoms with Crippen molar-refractivity contribution < 1.29 is 0 Å². The average molecular weight is 1140 g/mol. The molecule has 0 amide bonds. The Morgan fingerprint density at radius 1 is 0.529 bits per heavy atom. The molecule has 4 aromatic carbocycles. The van der Waals surface area contributed by atoms with E-state index in [9.17, 15) is 19.2 Å². The third-order valence-corrected chi connectivity index (χ3v) is 14.5. The Labute approximate surface area is 419 Å². The van der Waals surface area contributed by atoms with E-state index in [4.69, 9.17) is 9.97 Å². The molecule has 2 fully saturated rings. The molecular formula is C50H54I2N12O4. The van der Waals surface area contributed by atoms with Gasteiger partial charge in [0.15, 0.2) is 22.3 Å². The number of halogens is 2. The Balaban J connectivity index is 0.000000171. The van der Waals surface area contributed by atoms with Crippen molar-refractivity contribution in [2.24, 2.45) is 0 Å². The highest BCUT2D eigenvalue weighted by molar-refractivity contribution is 14.1. The molecule has 0 aliphatic carbocycles. The summed E-state index contributed by atoms with van der Waals surface area (Å²) in [5.74, 6) is 1.47. The number of benzene rings is 4. The number of hydrogen-bond acceptors (Lipinski definition) is 10. The molecule has 6 heterocycles. The second-order valence-electron chi connectivity index (χ2n) is 17.0. The third kappa shape index (κ3) is 10.1. The van der Waals surface area contributed by atoms with Crippen LogP contribution in [0.2, 0.25) is 0 Å². The van der Waals surface area contributed by atoms with Crippen LogP contribution in [0.3, 0.4) is 0 Å². The number of rotatable bonds is 12. The van der Waals surface area contributed by atoms with Crippen molar-refractivity contribution in [3.8, 4) is 0 Å². The molecule has 352 valence electrons. The highest BCUT2D eigenvalue weighted by atomic mass is 127. The molecule has 16 nitrogen and oxygen atoms in total. The van der Waals surface area contributed by atoms with E-state index in [0.29, 0.717) is 61.5 Å².